The van der Waals surface area contributed by atoms with Gasteiger partial charge in [-0.05, 0) is 47.5 Å². The lowest BCUT2D eigenvalue weighted by atomic mass is 10.2. The van der Waals surface area contributed by atoms with Crippen molar-refractivity contribution >= 4 is 31.3 Å². The quantitative estimate of drug-likeness (QED) is 0.374. The Morgan fingerprint density at radius 1 is 1.34 bits per heavy atom. The van der Waals surface area contributed by atoms with E-state index in [-0.39, 0.29) is 32.2 Å². The monoisotopic (exact) mass is 469 g/mol. The third-order valence-electron chi connectivity index (χ3n) is 5.09. The van der Waals surface area contributed by atoms with Crippen LogP contribution in [0.25, 0.3) is 11.2 Å². The van der Waals surface area contributed by atoms with E-state index < -0.39 is 19.7 Å². The second-order valence-corrected chi connectivity index (χ2v) is 9.13. The Kier molecular flexibility index (Phi) is 8.35. The Morgan fingerprint density at radius 2 is 2.12 bits per heavy atom. The number of rotatable bonds is 11. The summed E-state index contributed by atoms with van der Waals surface area (Å²) in [5, 5.41) is 1.63. The van der Waals surface area contributed by atoms with Crippen molar-refractivity contribution in [3.8, 4) is 0 Å². The van der Waals surface area contributed by atoms with Crippen molar-refractivity contribution in [1.82, 2.24) is 19.5 Å². The van der Waals surface area contributed by atoms with E-state index in [1.165, 1.54) is 6.92 Å². The highest BCUT2D eigenvalue weighted by Crippen LogP contribution is 2.49. The van der Waals surface area contributed by atoms with Gasteiger partial charge in [0.05, 0.1) is 32.3 Å². The lowest BCUT2D eigenvalue weighted by Gasteiger charge is -2.31. The number of nitrogens with zero attached hydrogens (tertiary/aromatic N) is 4. The maximum Gasteiger partial charge on any atom is 0.347 e. The molecule has 4 atom stereocenters. The fraction of sp³-hybridized carbons (Fsp3) is 0.700. The van der Waals surface area contributed by atoms with Gasteiger partial charge in [-0.3, -0.25) is 4.57 Å². The predicted octanol–water partition coefficient (Wildman–Crippen LogP) is 2.88. The van der Waals surface area contributed by atoms with Crippen LogP contribution in [-0.2, 0) is 23.5 Å². The Labute approximate surface area is 188 Å². The van der Waals surface area contributed by atoms with Crippen LogP contribution in [-0.4, -0.2) is 68.2 Å². The number of carbonyl (C=O) groups is 1. The first-order valence-electron chi connectivity index (χ1n) is 10.9. The molecule has 12 heteroatoms. The smallest absolute Gasteiger partial charge is 0.347 e. The minimum Gasteiger partial charge on any atom is -0.463 e. The van der Waals surface area contributed by atoms with Crippen LogP contribution < -0.4 is 5.32 Å². The Bertz CT molecular complexity index is 927. The van der Waals surface area contributed by atoms with Gasteiger partial charge in [-0.1, -0.05) is 0 Å². The van der Waals surface area contributed by atoms with E-state index in [1.807, 2.05) is 18.4 Å². The summed E-state index contributed by atoms with van der Waals surface area (Å²) in [7, 11) is -2.17. The molecule has 2 aromatic rings. The molecule has 3 rings (SSSR count). The Hall–Kier alpha value is -1.91. The lowest BCUT2D eigenvalue weighted by Crippen LogP contribution is -2.40. The number of imidazole rings is 1. The largest absolute Gasteiger partial charge is 0.463 e. The molecule has 1 saturated heterocycles. The number of hydrogen-bond donors (Lipinski definition) is 2. The van der Waals surface area contributed by atoms with Crippen LogP contribution in [0.5, 0.6) is 0 Å². The third-order valence-corrected chi connectivity index (χ3v) is 6.64. The molecule has 0 saturated carbocycles. The molecule has 0 bridgehead atoms. The minimum absolute atomic E-state index is 0.113. The predicted molar refractivity (Wildman–Crippen MR) is 119 cm³/mol. The number of aryl methyl sites for hydroxylation is 1. The zero-order chi connectivity index (χ0) is 23.3. The lowest BCUT2D eigenvalue weighted by molar-refractivity contribution is -0.164. The number of nitrogens with one attached hydrogen (secondary N) is 1. The van der Waals surface area contributed by atoms with Gasteiger partial charge in [-0.25, -0.2) is 19.7 Å². The first-order valence-corrected chi connectivity index (χ1v) is 12.1. The average molecular weight is 469 g/mol. The molecule has 1 aliphatic heterocycles. The molecular formula is C20H32N5O6P. The van der Waals surface area contributed by atoms with Crippen molar-refractivity contribution in [2.24, 2.45) is 0 Å². The van der Waals surface area contributed by atoms with Crippen molar-refractivity contribution in [1.29, 1.82) is 0 Å². The molecule has 178 valence electrons. The summed E-state index contributed by atoms with van der Waals surface area (Å²) in [5.74, 6) is 0.690. The van der Waals surface area contributed by atoms with E-state index in [4.69, 9.17) is 18.7 Å². The normalized spacial score (nSPS) is 21.4. The zero-order valence-electron chi connectivity index (χ0n) is 19.2. The van der Waals surface area contributed by atoms with Crippen LogP contribution in [0.4, 0.5) is 5.82 Å². The van der Waals surface area contributed by atoms with Gasteiger partial charge in [-0.15, -0.1) is 0 Å². The average Bonchev–Trinajstić information content (AvgIpc) is 3.39. The second-order valence-electron chi connectivity index (χ2n) is 7.47. The molecule has 11 nitrogen and oxygen atoms in total. The Morgan fingerprint density at radius 3 is 2.81 bits per heavy atom. The van der Waals surface area contributed by atoms with Crippen molar-refractivity contribution in [2.75, 3.05) is 31.7 Å². The van der Waals surface area contributed by atoms with Gasteiger partial charge in [0, 0.05) is 6.54 Å². The molecule has 0 radical (unpaired) electrons. The van der Waals surface area contributed by atoms with Gasteiger partial charge in [-0.2, -0.15) is 0 Å². The summed E-state index contributed by atoms with van der Waals surface area (Å²) < 4.78 is 24.3. The van der Waals surface area contributed by atoms with Crippen molar-refractivity contribution in [2.45, 2.75) is 65.1 Å². The Balaban J connectivity index is 1.71. The van der Waals surface area contributed by atoms with Crippen molar-refractivity contribution in [3.63, 3.8) is 0 Å². The molecule has 0 aromatic carbocycles. The van der Waals surface area contributed by atoms with Crippen LogP contribution in [0.1, 0.15) is 52.6 Å². The maximum absolute atomic E-state index is 12.5. The van der Waals surface area contributed by atoms with Crippen LogP contribution in [0.2, 0.25) is 0 Å². The zero-order valence-corrected chi connectivity index (χ0v) is 20.1. The first-order chi connectivity index (χ1) is 15.3. The van der Waals surface area contributed by atoms with Crippen LogP contribution in [0, 0.1) is 6.92 Å². The molecule has 0 spiro atoms. The van der Waals surface area contributed by atoms with E-state index in [2.05, 4.69) is 20.3 Å². The van der Waals surface area contributed by atoms with E-state index in [0.29, 0.717) is 29.2 Å². The molecule has 0 amide bonds. The highest BCUT2D eigenvalue weighted by Gasteiger charge is 2.46. The van der Waals surface area contributed by atoms with E-state index >= 15 is 0 Å². The minimum atomic E-state index is -2.17. The van der Waals surface area contributed by atoms with Crippen LogP contribution in [0.3, 0.4) is 0 Å². The summed E-state index contributed by atoms with van der Waals surface area (Å²) >= 11 is 0. The topological polar surface area (TPSA) is 130 Å². The van der Waals surface area contributed by atoms with Gasteiger partial charge >= 0.3 is 5.97 Å². The van der Waals surface area contributed by atoms with Gasteiger partial charge in [0.25, 0.3) is 0 Å². The van der Waals surface area contributed by atoms with Gasteiger partial charge in [0.1, 0.15) is 12.1 Å². The highest BCUT2D eigenvalue weighted by molar-refractivity contribution is 7.49. The fourth-order valence-corrected chi connectivity index (χ4v) is 4.40. The number of anilines is 1. The van der Waals surface area contributed by atoms with E-state index in [0.717, 1.165) is 13.0 Å². The SMILES string of the molecule is CCNc1nc(C)nc2c1ncn2C1CCC(CO[C@](C)(C(=O)OCC)P(O)OCC)O1. The number of hydrogen-bond acceptors (Lipinski definition) is 10. The summed E-state index contributed by atoms with van der Waals surface area (Å²) in [6.07, 6.45) is 2.61. The number of carbonyl (C=O) groups excluding carboxylic acids is 1. The molecular weight excluding hydrogens is 437 g/mol. The van der Waals surface area contributed by atoms with E-state index in [9.17, 15) is 9.69 Å². The highest BCUT2D eigenvalue weighted by atomic mass is 31.2. The summed E-state index contributed by atoms with van der Waals surface area (Å²) in [5.41, 5.74) is 1.39. The molecule has 2 aromatic heterocycles. The summed E-state index contributed by atoms with van der Waals surface area (Å²) in [6.45, 7) is 10.0. The van der Waals surface area contributed by atoms with Gasteiger partial charge in [0.2, 0.25) is 13.7 Å². The van der Waals surface area contributed by atoms with Crippen molar-refractivity contribution < 1.29 is 28.4 Å². The molecule has 2 N–H and O–H groups in total. The molecule has 32 heavy (non-hydrogen) atoms. The fourth-order valence-electron chi connectivity index (χ4n) is 3.50. The third kappa shape index (κ3) is 5.18. The molecule has 1 aliphatic rings. The molecule has 1 fully saturated rings. The van der Waals surface area contributed by atoms with Gasteiger partial charge in [0.15, 0.2) is 17.0 Å². The molecule has 0 aliphatic carbocycles. The van der Waals surface area contributed by atoms with Crippen LogP contribution >= 0.6 is 8.38 Å². The van der Waals surface area contributed by atoms with Crippen LogP contribution in [0.15, 0.2) is 6.33 Å². The van der Waals surface area contributed by atoms with E-state index in [1.54, 1.807) is 20.2 Å². The standard InChI is InChI=1S/C20H32N5O6P/c1-6-21-17-16-18(24-13(4)23-17)25(12-22-16)15-10-9-14(31-15)11-29-20(5,19(26)28-7-2)32(27)30-8-3/h12,14-15,27H,6-11H2,1-5H3,(H,21,23,24)/t14?,15?,20-,32?/m0/s1. The second kappa shape index (κ2) is 10.8. The van der Waals surface area contributed by atoms with Crippen molar-refractivity contribution in [3.05, 3.63) is 12.2 Å². The summed E-state index contributed by atoms with van der Waals surface area (Å²) in [4.78, 5) is 36.3. The number of esters is 1. The maximum atomic E-state index is 12.5. The summed E-state index contributed by atoms with van der Waals surface area (Å²) in [6, 6.07) is 0. The number of aromatic nitrogens is 4. The van der Waals surface area contributed by atoms with Gasteiger partial charge < -0.3 is 28.9 Å². The first kappa shape index (κ1) is 24.7. The molecule has 3 heterocycles. The molecule has 3 unspecified atom stereocenters. The number of fused-ring (bicyclic) bond motifs is 1. The number of ether oxygens (including phenoxy) is 3.